The first-order chi connectivity index (χ1) is 13.1. The molecule has 2 fully saturated rings. The number of aryl methyl sites for hydroxylation is 1. The molecule has 0 aromatic carbocycles. The number of hydrogen-bond acceptors (Lipinski definition) is 5. The number of aromatic amines is 1. The molecule has 8 heteroatoms. The van der Waals surface area contributed by atoms with Crippen molar-refractivity contribution < 1.29 is 18.7 Å². The molecule has 0 saturated carbocycles. The van der Waals surface area contributed by atoms with Gasteiger partial charge in [-0.1, -0.05) is 0 Å². The van der Waals surface area contributed by atoms with Gasteiger partial charge in [0.05, 0.1) is 19.3 Å². The minimum atomic E-state index is -0.259. The number of carbonyl (C=O) groups is 2. The van der Waals surface area contributed by atoms with Crippen molar-refractivity contribution in [2.24, 2.45) is 0 Å². The van der Waals surface area contributed by atoms with Crippen LogP contribution in [0.25, 0.3) is 11.5 Å². The molecule has 0 aliphatic carbocycles. The number of carbonyl (C=O) groups excluding carboxylic acids is 2. The molecule has 4 heterocycles. The molecule has 0 radical (unpaired) electrons. The molecule has 4 rings (SSSR count). The Morgan fingerprint density at radius 2 is 2.07 bits per heavy atom. The van der Waals surface area contributed by atoms with Crippen molar-refractivity contribution in [3.8, 4) is 11.5 Å². The van der Waals surface area contributed by atoms with E-state index in [4.69, 9.17) is 9.15 Å². The lowest BCUT2D eigenvalue weighted by Crippen LogP contribution is -2.50. The van der Waals surface area contributed by atoms with Crippen LogP contribution in [0.4, 0.5) is 0 Å². The van der Waals surface area contributed by atoms with Crippen LogP contribution in [0.3, 0.4) is 0 Å². The molecule has 0 unspecified atom stereocenters. The average molecular weight is 372 g/mol. The third-order valence-electron chi connectivity index (χ3n) is 5.16. The van der Waals surface area contributed by atoms with E-state index >= 15 is 0 Å². The van der Waals surface area contributed by atoms with Crippen LogP contribution < -0.4 is 0 Å². The Morgan fingerprint density at radius 3 is 2.81 bits per heavy atom. The van der Waals surface area contributed by atoms with E-state index in [1.165, 1.54) is 0 Å². The smallest absolute Gasteiger partial charge is 0.274 e. The monoisotopic (exact) mass is 372 g/mol. The molecule has 27 heavy (non-hydrogen) atoms. The fourth-order valence-electron chi connectivity index (χ4n) is 3.67. The molecule has 1 atom stereocenters. The number of ether oxygens (including phenoxy) is 1. The van der Waals surface area contributed by atoms with E-state index in [-0.39, 0.29) is 17.9 Å². The zero-order valence-corrected chi connectivity index (χ0v) is 15.4. The third-order valence-corrected chi connectivity index (χ3v) is 5.16. The first-order valence-corrected chi connectivity index (χ1v) is 9.40. The lowest BCUT2D eigenvalue weighted by Gasteiger charge is -2.35. The van der Waals surface area contributed by atoms with E-state index in [1.807, 2.05) is 24.0 Å². The van der Waals surface area contributed by atoms with Gasteiger partial charge in [-0.05, 0) is 31.9 Å². The van der Waals surface area contributed by atoms with Crippen molar-refractivity contribution in [3.05, 3.63) is 29.7 Å². The molecule has 0 spiro atoms. The van der Waals surface area contributed by atoms with Crippen molar-refractivity contribution in [2.45, 2.75) is 32.2 Å². The van der Waals surface area contributed by atoms with Crippen molar-refractivity contribution in [2.75, 3.05) is 32.8 Å². The van der Waals surface area contributed by atoms with Gasteiger partial charge in [0, 0.05) is 32.1 Å². The molecular weight excluding hydrogens is 348 g/mol. The van der Waals surface area contributed by atoms with Gasteiger partial charge in [-0.25, -0.2) is 0 Å². The second kappa shape index (κ2) is 7.56. The molecule has 2 aromatic heterocycles. The maximum absolute atomic E-state index is 13.0. The molecule has 2 saturated heterocycles. The van der Waals surface area contributed by atoms with Crippen LogP contribution in [0.2, 0.25) is 0 Å². The van der Waals surface area contributed by atoms with Gasteiger partial charge in [0.15, 0.2) is 11.5 Å². The lowest BCUT2D eigenvalue weighted by molar-refractivity contribution is -0.132. The van der Waals surface area contributed by atoms with Gasteiger partial charge in [-0.15, -0.1) is 0 Å². The summed E-state index contributed by atoms with van der Waals surface area (Å²) in [5.74, 6) is 1.33. The topological polar surface area (TPSA) is 91.7 Å². The Bertz CT molecular complexity index is 821. The van der Waals surface area contributed by atoms with Crippen LogP contribution in [-0.2, 0) is 9.53 Å². The highest BCUT2D eigenvalue weighted by molar-refractivity contribution is 5.94. The summed E-state index contributed by atoms with van der Waals surface area (Å²) >= 11 is 0. The summed E-state index contributed by atoms with van der Waals surface area (Å²) in [6.45, 7) is 4.78. The van der Waals surface area contributed by atoms with Crippen molar-refractivity contribution >= 4 is 11.8 Å². The average Bonchev–Trinajstić information content (AvgIpc) is 3.42. The molecule has 2 aliphatic rings. The summed E-state index contributed by atoms with van der Waals surface area (Å²) in [4.78, 5) is 29.1. The number of morpholine rings is 1. The van der Waals surface area contributed by atoms with Gasteiger partial charge in [-0.3, -0.25) is 14.7 Å². The van der Waals surface area contributed by atoms with Crippen LogP contribution in [0.15, 0.2) is 22.6 Å². The van der Waals surface area contributed by atoms with Gasteiger partial charge >= 0.3 is 0 Å². The predicted octanol–water partition coefficient (Wildman–Crippen LogP) is 1.83. The summed E-state index contributed by atoms with van der Waals surface area (Å²) in [7, 11) is 0. The normalized spacial score (nSPS) is 20.3. The quantitative estimate of drug-likeness (QED) is 0.884. The van der Waals surface area contributed by atoms with E-state index < -0.39 is 0 Å². The Morgan fingerprint density at radius 1 is 1.26 bits per heavy atom. The van der Waals surface area contributed by atoms with Gasteiger partial charge in [-0.2, -0.15) is 5.10 Å². The Kier molecular flexibility index (Phi) is 4.98. The molecular formula is C19H24N4O4. The first-order valence-electron chi connectivity index (χ1n) is 9.40. The molecule has 2 aromatic rings. The molecule has 1 N–H and O–H groups in total. The van der Waals surface area contributed by atoms with E-state index in [0.29, 0.717) is 43.3 Å². The maximum atomic E-state index is 13.0. The minimum absolute atomic E-state index is 0.0922. The van der Waals surface area contributed by atoms with Crippen LogP contribution in [0, 0.1) is 6.92 Å². The van der Waals surface area contributed by atoms with E-state index in [2.05, 4.69) is 10.2 Å². The van der Waals surface area contributed by atoms with Crippen LogP contribution in [0.5, 0.6) is 0 Å². The van der Waals surface area contributed by atoms with Gasteiger partial charge in [0.2, 0.25) is 5.91 Å². The Balaban J connectivity index is 1.47. The minimum Gasteiger partial charge on any atom is -0.460 e. The molecule has 8 nitrogen and oxygen atoms in total. The van der Waals surface area contributed by atoms with E-state index in [9.17, 15) is 9.59 Å². The van der Waals surface area contributed by atoms with Crippen molar-refractivity contribution in [1.29, 1.82) is 0 Å². The zero-order chi connectivity index (χ0) is 18.8. The van der Waals surface area contributed by atoms with E-state index in [0.717, 1.165) is 31.7 Å². The SMILES string of the molecule is Cc1ccc(-c2cc(C(=O)N3CCOC[C@@H]3CC(=O)N3CCCC3)n[nH]2)o1. The summed E-state index contributed by atoms with van der Waals surface area (Å²) < 4.78 is 11.1. The van der Waals surface area contributed by atoms with Gasteiger partial charge in [0.25, 0.3) is 5.91 Å². The largest absolute Gasteiger partial charge is 0.460 e. The summed E-state index contributed by atoms with van der Waals surface area (Å²) in [5.41, 5.74) is 0.976. The number of furan rings is 1. The number of amides is 2. The summed E-state index contributed by atoms with van der Waals surface area (Å²) in [6.07, 6.45) is 2.40. The number of hydrogen-bond donors (Lipinski definition) is 1. The van der Waals surface area contributed by atoms with E-state index in [1.54, 1.807) is 11.0 Å². The predicted molar refractivity (Wildman–Crippen MR) is 97.1 cm³/mol. The van der Waals surface area contributed by atoms with Crippen molar-refractivity contribution in [3.63, 3.8) is 0 Å². The molecule has 2 amide bonds. The number of aromatic nitrogens is 2. The standard InChI is InChI=1S/C19H24N4O4/c1-13-4-5-17(27-13)15-11-16(21-20-15)19(25)23-8-9-26-12-14(23)10-18(24)22-6-2-3-7-22/h4-5,11,14H,2-3,6-10,12H2,1H3,(H,20,21)/t14-/m0/s1. The van der Waals surface area contributed by atoms with Gasteiger partial charge in [0.1, 0.15) is 11.5 Å². The molecule has 2 aliphatic heterocycles. The fourth-order valence-corrected chi connectivity index (χ4v) is 3.67. The molecule has 0 bridgehead atoms. The number of nitrogens with one attached hydrogen (secondary N) is 1. The highest BCUT2D eigenvalue weighted by Gasteiger charge is 2.32. The van der Waals surface area contributed by atoms with Crippen LogP contribution >= 0.6 is 0 Å². The number of nitrogens with zero attached hydrogens (tertiary/aromatic N) is 3. The Labute approximate surface area is 157 Å². The number of rotatable bonds is 4. The number of H-pyrrole nitrogens is 1. The zero-order valence-electron chi connectivity index (χ0n) is 15.4. The van der Waals surface area contributed by atoms with Crippen LogP contribution in [-0.4, -0.2) is 70.7 Å². The number of likely N-dealkylation sites (tertiary alicyclic amines) is 1. The third kappa shape index (κ3) is 3.75. The van der Waals surface area contributed by atoms with Crippen LogP contribution in [0.1, 0.15) is 35.5 Å². The lowest BCUT2D eigenvalue weighted by atomic mass is 10.1. The molecule has 144 valence electrons. The highest BCUT2D eigenvalue weighted by atomic mass is 16.5. The fraction of sp³-hybridized carbons (Fsp3) is 0.526. The maximum Gasteiger partial charge on any atom is 0.274 e. The highest BCUT2D eigenvalue weighted by Crippen LogP contribution is 2.22. The Hall–Kier alpha value is -2.61. The second-order valence-electron chi connectivity index (χ2n) is 7.10. The first kappa shape index (κ1) is 17.8. The van der Waals surface area contributed by atoms with Gasteiger partial charge < -0.3 is 19.0 Å². The summed E-state index contributed by atoms with van der Waals surface area (Å²) in [5, 5.41) is 7.01. The summed E-state index contributed by atoms with van der Waals surface area (Å²) in [6, 6.07) is 5.13. The van der Waals surface area contributed by atoms with Crippen molar-refractivity contribution in [1.82, 2.24) is 20.0 Å². The second-order valence-corrected chi connectivity index (χ2v) is 7.10.